The molecule has 3 nitrogen and oxygen atoms in total. The number of hydrogen-bond donors (Lipinski definition) is 2. The number of rotatable bonds is 5. The predicted molar refractivity (Wildman–Crippen MR) is 78.1 cm³/mol. The summed E-state index contributed by atoms with van der Waals surface area (Å²) >= 11 is 0. The summed E-state index contributed by atoms with van der Waals surface area (Å²) < 4.78 is 0. The molecule has 0 unspecified atom stereocenters. The van der Waals surface area contributed by atoms with Gasteiger partial charge < -0.3 is 10.4 Å². The molecule has 0 saturated heterocycles. The fourth-order valence-corrected chi connectivity index (χ4v) is 2.96. The van der Waals surface area contributed by atoms with Gasteiger partial charge in [-0.3, -0.25) is 4.79 Å². The van der Waals surface area contributed by atoms with Crippen LogP contribution in [0.1, 0.15) is 24.8 Å². The Balaban J connectivity index is 1.59. The van der Waals surface area contributed by atoms with E-state index in [2.05, 4.69) is 17.4 Å². The van der Waals surface area contributed by atoms with Crippen molar-refractivity contribution in [2.75, 3.05) is 6.61 Å². The molecule has 2 atom stereocenters. The summed E-state index contributed by atoms with van der Waals surface area (Å²) in [5.74, 6) is 0.374. The fourth-order valence-electron chi connectivity index (χ4n) is 2.96. The molecule has 2 aliphatic rings. The van der Waals surface area contributed by atoms with Crippen LogP contribution in [0.2, 0.25) is 0 Å². The Kier molecular flexibility index (Phi) is 3.62. The molecule has 0 heterocycles. The van der Waals surface area contributed by atoms with Crippen molar-refractivity contribution in [3.8, 4) is 0 Å². The third-order valence-electron chi connectivity index (χ3n) is 4.44. The van der Waals surface area contributed by atoms with E-state index >= 15 is 0 Å². The van der Waals surface area contributed by atoms with E-state index in [0.29, 0.717) is 0 Å². The molecule has 20 heavy (non-hydrogen) atoms. The summed E-state index contributed by atoms with van der Waals surface area (Å²) in [6.07, 6.45) is 7.63. The van der Waals surface area contributed by atoms with Crippen LogP contribution in [0, 0.1) is 11.3 Å². The van der Waals surface area contributed by atoms with Gasteiger partial charge in [0.25, 0.3) is 0 Å². The zero-order chi connectivity index (χ0) is 14.0. The first kappa shape index (κ1) is 13.4. The first-order valence-electron chi connectivity index (χ1n) is 7.36. The van der Waals surface area contributed by atoms with Crippen LogP contribution in [-0.4, -0.2) is 23.7 Å². The molecular formula is C17H21NO2. The van der Waals surface area contributed by atoms with Gasteiger partial charge in [0.1, 0.15) is 0 Å². The lowest BCUT2D eigenvalue weighted by Gasteiger charge is -2.19. The highest BCUT2D eigenvalue weighted by Gasteiger charge is 2.49. The topological polar surface area (TPSA) is 49.3 Å². The van der Waals surface area contributed by atoms with E-state index in [1.807, 2.05) is 30.4 Å². The standard InChI is InChI=1S/C17H21NO2/c19-12-14-6-7-15(10-14)18-16(20)17(8-9-17)11-13-4-2-1-3-5-13/h1-7,14-15,19H,8-12H2,(H,18,20)/t14-,15+/m0/s1. The number of aliphatic hydroxyl groups is 1. The van der Waals surface area contributed by atoms with Gasteiger partial charge in [-0.15, -0.1) is 0 Å². The molecule has 3 rings (SSSR count). The second-order valence-corrected chi connectivity index (χ2v) is 6.09. The van der Waals surface area contributed by atoms with Crippen molar-refractivity contribution in [2.24, 2.45) is 11.3 Å². The third-order valence-corrected chi connectivity index (χ3v) is 4.44. The third kappa shape index (κ3) is 2.78. The second kappa shape index (κ2) is 5.41. The molecule has 1 aromatic rings. The van der Waals surface area contributed by atoms with Crippen LogP contribution in [0.4, 0.5) is 0 Å². The van der Waals surface area contributed by atoms with Crippen LogP contribution >= 0.6 is 0 Å². The van der Waals surface area contributed by atoms with E-state index in [-0.39, 0.29) is 29.9 Å². The summed E-state index contributed by atoms with van der Waals surface area (Å²) in [6.45, 7) is 0.165. The van der Waals surface area contributed by atoms with E-state index in [1.165, 1.54) is 5.56 Å². The first-order chi connectivity index (χ1) is 9.72. The van der Waals surface area contributed by atoms with Gasteiger partial charge in [-0.25, -0.2) is 0 Å². The van der Waals surface area contributed by atoms with Gasteiger partial charge in [0.05, 0.1) is 5.41 Å². The predicted octanol–water partition coefficient (Wildman–Crippen LogP) is 2.06. The average molecular weight is 271 g/mol. The Hall–Kier alpha value is -1.61. The minimum absolute atomic E-state index is 0.0906. The molecule has 1 aromatic carbocycles. The number of nitrogens with one attached hydrogen (secondary N) is 1. The van der Waals surface area contributed by atoms with Gasteiger partial charge in [0.15, 0.2) is 0 Å². The molecule has 0 aliphatic heterocycles. The summed E-state index contributed by atoms with van der Waals surface area (Å²) in [5.41, 5.74) is 1.04. The first-order valence-corrected chi connectivity index (χ1v) is 7.36. The fraction of sp³-hybridized carbons (Fsp3) is 0.471. The van der Waals surface area contributed by atoms with Crippen LogP contribution in [0.25, 0.3) is 0 Å². The largest absolute Gasteiger partial charge is 0.396 e. The maximum Gasteiger partial charge on any atom is 0.227 e. The molecule has 2 aliphatic carbocycles. The van der Waals surface area contributed by atoms with E-state index in [9.17, 15) is 4.79 Å². The minimum atomic E-state index is -0.188. The van der Waals surface area contributed by atoms with Gasteiger partial charge in [-0.05, 0) is 31.2 Å². The Labute approximate surface area is 119 Å². The molecule has 0 spiro atoms. The second-order valence-electron chi connectivity index (χ2n) is 6.09. The Morgan fingerprint density at radius 3 is 2.60 bits per heavy atom. The molecule has 0 bridgehead atoms. The van der Waals surface area contributed by atoms with Crippen molar-refractivity contribution in [3.63, 3.8) is 0 Å². The lowest BCUT2D eigenvalue weighted by Crippen LogP contribution is -2.39. The Morgan fingerprint density at radius 1 is 1.25 bits per heavy atom. The monoisotopic (exact) mass is 271 g/mol. The lowest BCUT2D eigenvalue weighted by atomic mass is 9.95. The minimum Gasteiger partial charge on any atom is -0.396 e. The normalized spacial score (nSPS) is 26.4. The van der Waals surface area contributed by atoms with Crippen molar-refractivity contribution in [3.05, 3.63) is 48.0 Å². The van der Waals surface area contributed by atoms with Crippen LogP contribution in [0.5, 0.6) is 0 Å². The van der Waals surface area contributed by atoms with Crippen LogP contribution in [0.15, 0.2) is 42.5 Å². The number of carbonyl (C=O) groups excluding carboxylic acids is 1. The molecule has 1 amide bonds. The van der Waals surface area contributed by atoms with Gasteiger partial charge >= 0.3 is 0 Å². The highest BCUT2D eigenvalue weighted by Crippen LogP contribution is 2.48. The molecule has 106 valence electrons. The summed E-state index contributed by atoms with van der Waals surface area (Å²) in [6, 6.07) is 10.3. The number of hydrogen-bond acceptors (Lipinski definition) is 2. The average Bonchev–Trinajstić information content (AvgIpc) is 3.11. The SMILES string of the molecule is O=C(N[C@@H]1C=C[C@H](CO)C1)C1(Cc2ccccc2)CC1. The Morgan fingerprint density at radius 2 is 2.00 bits per heavy atom. The summed E-state index contributed by atoms with van der Waals surface area (Å²) in [7, 11) is 0. The smallest absolute Gasteiger partial charge is 0.227 e. The highest BCUT2D eigenvalue weighted by atomic mass is 16.3. The van der Waals surface area contributed by atoms with Crippen LogP contribution < -0.4 is 5.32 Å². The van der Waals surface area contributed by atoms with Crippen molar-refractivity contribution in [1.29, 1.82) is 0 Å². The van der Waals surface area contributed by atoms with Gasteiger partial charge in [-0.1, -0.05) is 42.5 Å². The van der Waals surface area contributed by atoms with E-state index < -0.39 is 0 Å². The van der Waals surface area contributed by atoms with E-state index in [1.54, 1.807) is 0 Å². The Bertz CT molecular complexity index is 505. The lowest BCUT2D eigenvalue weighted by molar-refractivity contribution is -0.126. The number of aliphatic hydroxyl groups excluding tert-OH is 1. The maximum absolute atomic E-state index is 12.5. The van der Waals surface area contributed by atoms with Crippen LogP contribution in [-0.2, 0) is 11.2 Å². The van der Waals surface area contributed by atoms with E-state index in [0.717, 1.165) is 25.7 Å². The summed E-state index contributed by atoms with van der Waals surface area (Å²) in [5, 5.41) is 12.3. The van der Waals surface area contributed by atoms with Crippen molar-refractivity contribution in [2.45, 2.75) is 31.7 Å². The molecule has 0 aromatic heterocycles. The van der Waals surface area contributed by atoms with Gasteiger partial charge in [0.2, 0.25) is 5.91 Å². The highest BCUT2D eigenvalue weighted by molar-refractivity contribution is 5.86. The summed E-state index contributed by atoms with van der Waals surface area (Å²) in [4.78, 5) is 12.5. The van der Waals surface area contributed by atoms with Gasteiger partial charge in [-0.2, -0.15) is 0 Å². The molecular weight excluding hydrogens is 250 g/mol. The molecule has 1 saturated carbocycles. The van der Waals surface area contributed by atoms with Gasteiger partial charge in [0, 0.05) is 18.6 Å². The number of carbonyl (C=O) groups is 1. The zero-order valence-electron chi connectivity index (χ0n) is 11.6. The zero-order valence-corrected chi connectivity index (χ0v) is 11.6. The van der Waals surface area contributed by atoms with E-state index in [4.69, 9.17) is 5.11 Å². The maximum atomic E-state index is 12.5. The quantitative estimate of drug-likeness (QED) is 0.805. The van der Waals surface area contributed by atoms with Crippen LogP contribution in [0.3, 0.4) is 0 Å². The number of benzene rings is 1. The molecule has 0 radical (unpaired) electrons. The molecule has 3 heteroatoms. The van der Waals surface area contributed by atoms with Crippen molar-refractivity contribution in [1.82, 2.24) is 5.32 Å². The number of amides is 1. The van der Waals surface area contributed by atoms with Crippen molar-refractivity contribution < 1.29 is 9.90 Å². The van der Waals surface area contributed by atoms with Crippen molar-refractivity contribution >= 4 is 5.91 Å². The molecule has 1 fully saturated rings. The molecule has 2 N–H and O–H groups in total.